The largest absolute Gasteiger partial charge is 0.482 e. The molecular formula is C23H24N2O6. The average Bonchev–Trinajstić information content (AvgIpc) is 2.74. The van der Waals surface area contributed by atoms with Crippen LogP contribution in [0.2, 0.25) is 0 Å². The summed E-state index contributed by atoms with van der Waals surface area (Å²) in [6.07, 6.45) is 0. The predicted octanol–water partition coefficient (Wildman–Crippen LogP) is 2.47. The van der Waals surface area contributed by atoms with Crippen molar-refractivity contribution in [3.05, 3.63) is 59.2 Å². The van der Waals surface area contributed by atoms with Gasteiger partial charge in [-0.25, -0.2) is 0 Å². The Morgan fingerprint density at radius 2 is 1.74 bits per heavy atom. The van der Waals surface area contributed by atoms with Crippen LogP contribution in [0.4, 0.5) is 5.69 Å². The molecule has 0 radical (unpaired) electrons. The molecule has 2 amide bonds. The molecular weight excluding hydrogens is 400 g/mol. The third kappa shape index (κ3) is 5.69. The van der Waals surface area contributed by atoms with Crippen molar-refractivity contribution < 1.29 is 28.7 Å². The van der Waals surface area contributed by atoms with Gasteiger partial charge in [-0.3, -0.25) is 19.2 Å². The first-order valence-electron chi connectivity index (χ1n) is 9.78. The minimum absolute atomic E-state index is 0.0258. The quantitative estimate of drug-likeness (QED) is 0.544. The van der Waals surface area contributed by atoms with Gasteiger partial charge >= 0.3 is 5.97 Å². The molecule has 0 bridgehead atoms. The van der Waals surface area contributed by atoms with Gasteiger partial charge in [0.25, 0.3) is 11.8 Å². The van der Waals surface area contributed by atoms with Crippen LogP contribution >= 0.6 is 0 Å². The SMILES string of the molecule is CC(C)(C)c1ccc(C(=O)NCC(=O)OCC(=O)c2ccc3c(c2)NC(=O)CO3)cc1. The third-order valence-corrected chi connectivity index (χ3v) is 4.71. The highest BCUT2D eigenvalue weighted by molar-refractivity contribution is 6.02. The number of rotatable bonds is 6. The Labute approximate surface area is 179 Å². The van der Waals surface area contributed by atoms with Crippen LogP contribution in [0.15, 0.2) is 42.5 Å². The summed E-state index contributed by atoms with van der Waals surface area (Å²) in [6, 6.07) is 11.7. The number of carbonyl (C=O) groups is 4. The Hall–Kier alpha value is -3.68. The summed E-state index contributed by atoms with van der Waals surface area (Å²) in [4.78, 5) is 47.8. The Kier molecular flexibility index (Phi) is 6.39. The summed E-state index contributed by atoms with van der Waals surface area (Å²) in [7, 11) is 0. The highest BCUT2D eigenvalue weighted by Crippen LogP contribution is 2.28. The standard InChI is InChI=1S/C23H24N2O6/c1-23(2,3)16-7-4-14(5-8-16)22(29)24-11-21(28)31-12-18(26)15-6-9-19-17(10-15)25-20(27)13-30-19/h4-10H,11-13H2,1-3H3,(H,24,29)(H,25,27). The van der Waals surface area contributed by atoms with E-state index in [1.807, 2.05) is 12.1 Å². The van der Waals surface area contributed by atoms with Crippen molar-refractivity contribution >= 4 is 29.3 Å². The van der Waals surface area contributed by atoms with Crippen molar-refractivity contribution in [3.8, 4) is 5.75 Å². The van der Waals surface area contributed by atoms with Crippen molar-refractivity contribution in [2.24, 2.45) is 0 Å². The van der Waals surface area contributed by atoms with E-state index in [9.17, 15) is 19.2 Å². The maximum absolute atomic E-state index is 12.3. The first-order chi connectivity index (χ1) is 14.6. The van der Waals surface area contributed by atoms with Gasteiger partial charge in [-0.05, 0) is 41.3 Å². The van der Waals surface area contributed by atoms with Gasteiger partial charge in [0.15, 0.2) is 19.0 Å². The monoisotopic (exact) mass is 424 g/mol. The van der Waals surface area contributed by atoms with Gasteiger partial charge in [0, 0.05) is 11.1 Å². The number of hydrogen-bond donors (Lipinski definition) is 2. The average molecular weight is 424 g/mol. The number of esters is 1. The Bertz CT molecular complexity index is 1020. The number of ether oxygens (including phenoxy) is 2. The lowest BCUT2D eigenvalue weighted by Crippen LogP contribution is -2.31. The smallest absolute Gasteiger partial charge is 0.325 e. The van der Waals surface area contributed by atoms with Crippen LogP contribution in [0.5, 0.6) is 5.75 Å². The highest BCUT2D eigenvalue weighted by atomic mass is 16.5. The molecule has 2 aromatic rings. The second-order valence-corrected chi connectivity index (χ2v) is 8.14. The summed E-state index contributed by atoms with van der Waals surface area (Å²) in [5, 5.41) is 5.09. The van der Waals surface area contributed by atoms with E-state index in [-0.39, 0.29) is 30.0 Å². The zero-order chi connectivity index (χ0) is 22.6. The number of benzene rings is 2. The number of Topliss-reactive ketones (excluding diaryl/α,β-unsaturated/α-hetero) is 1. The van der Waals surface area contributed by atoms with Crippen LogP contribution in [0, 0.1) is 0 Å². The fraction of sp³-hybridized carbons (Fsp3) is 0.304. The van der Waals surface area contributed by atoms with Crippen molar-refractivity contribution in [3.63, 3.8) is 0 Å². The van der Waals surface area contributed by atoms with E-state index in [4.69, 9.17) is 9.47 Å². The van der Waals surface area contributed by atoms with Crippen molar-refractivity contribution in [1.82, 2.24) is 5.32 Å². The van der Waals surface area contributed by atoms with E-state index in [2.05, 4.69) is 31.4 Å². The van der Waals surface area contributed by atoms with E-state index in [0.717, 1.165) is 5.56 Å². The molecule has 0 atom stereocenters. The van der Waals surface area contributed by atoms with Gasteiger partial charge in [-0.15, -0.1) is 0 Å². The summed E-state index contributed by atoms with van der Waals surface area (Å²) in [5.41, 5.74) is 2.14. The zero-order valence-electron chi connectivity index (χ0n) is 17.6. The fourth-order valence-electron chi connectivity index (χ4n) is 2.91. The van der Waals surface area contributed by atoms with Gasteiger partial charge in [-0.2, -0.15) is 0 Å². The minimum atomic E-state index is -0.734. The lowest BCUT2D eigenvalue weighted by atomic mass is 9.87. The molecule has 0 spiro atoms. The number of fused-ring (bicyclic) bond motifs is 1. The van der Waals surface area contributed by atoms with E-state index >= 15 is 0 Å². The molecule has 162 valence electrons. The highest BCUT2D eigenvalue weighted by Gasteiger charge is 2.19. The van der Waals surface area contributed by atoms with Crippen molar-refractivity contribution in [1.29, 1.82) is 0 Å². The van der Waals surface area contributed by atoms with E-state index in [1.54, 1.807) is 18.2 Å². The summed E-state index contributed by atoms with van der Waals surface area (Å²) >= 11 is 0. The Balaban J connectivity index is 1.48. The first-order valence-corrected chi connectivity index (χ1v) is 9.78. The number of ketones is 1. The van der Waals surface area contributed by atoms with Gasteiger partial charge in [-0.1, -0.05) is 32.9 Å². The first kappa shape index (κ1) is 22.0. The number of hydrogen-bond acceptors (Lipinski definition) is 6. The molecule has 0 aromatic heterocycles. The van der Waals surface area contributed by atoms with Crippen molar-refractivity contribution in [2.45, 2.75) is 26.2 Å². The molecule has 2 N–H and O–H groups in total. The van der Waals surface area contributed by atoms with Gasteiger partial charge in [0.05, 0.1) is 5.69 Å². The molecule has 31 heavy (non-hydrogen) atoms. The van der Waals surface area contributed by atoms with E-state index in [0.29, 0.717) is 17.0 Å². The number of amides is 2. The topological polar surface area (TPSA) is 111 Å². The summed E-state index contributed by atoms with van der Waals surface area (Å²) < 4.78 is 10.2. The predicted molar refractivity (Wildman–Crippen MR) is 113 cm³/mol. The molecule has 3 rings (SSSR count). The number of anilines is 1. The van der Waals surface area contributed by atoms with Gasteiger partial charge in [0.1, 0.15) is 12.3 Å². The van der Waals surface area contributed by atoms with Crippen LogP contribution < -0.4 is 15.4 Å². The molecule has 1 aliphatic heterocycles. The Morgan fingerprint density at radius 3 is 2.42 bits per heavy atom. The maximum atomic E-state index is 12.3. The summed E-state index contributed by atoms with van der Waals surface area (Å²) in [5.74, 6) is -1.43. The number of carbonyl (C=O) groups excluding carboxylic acids is 4. The molecule has 8 heteroatoms. The normalized spacial score (nSPS) is 12.8. The molecule has 1 aliphatic rings. The molecule has 8 nitrogen and oxygen atoms in total. The summed E-state index contributed by atoms with van der Waals surface area (Å²) in [6.45, 7) is 5.31. The Morgan fingerprint density at radius 1 is 1.06 bits per heavy atom. The third-order valence-electron chi connectivity index (χ3n) is 4.71. The molecule has 0 saturated heterocycles. The van der Waals surface area contributed by atoms with E-state index in [1.165, 1.54) is 12.1 Å². The maximum Gasteiger partial charge on any atom is 0.325 e. The second kappa shape index (κ2) is 8.99. The van der Waals surface area contributed by atoms with Crippen LogP contribution in [-0.2, 0) is 19.7 Å². The van der Waals surface area contributed by atoms with Crippen LogP contribution in [0.25, 0.3) is 0 Å². The van der Waals surface area contributed by atoms with Crippen LogP contribution in [-0.4, -0.2) is 43.3 Å². The molecule has 0 saturated carbocycles. The molecule has 2 aromatic carbocycles. The molecule has 0 aliphatic carbocycles. The lowest BCUT2D eigenvalue weighted by molar-refractivity contribution is -0.141. The molecule has 1 heterocycles. The van der Waals surface area contributed by atoms with E-state index < -0.39 is 24.3 Å². The fourth-order valence-corrected chi connectivity index (χ4v) is 2.91. The zero-order valence-corrected chi connectivity index (χ0v) is 17.6. The van der Waals surface area contributed by atoms with Crippen LogP contribution in [0.1, 0.15) is 47.1 Å². The molecule has 0 unspecified atom stereocenters. The minimum Gasteiger partial charge on any atom is -0.482 e. The van der Waals surface area contributed by atoms with Gasteiger partial charge in [0.2, 0.25) is 0 Å². The lowest BCUT2D eigenvalue weighted by Gasteiger charge is -2.19. The second-order valence-electron chi connectivity index (χ2n) is 8.14. The van der Waals surface area contributed by atoms with Crippen LogP contribution in [0.3, 0.4) is 0 Å². The van der Waals surface area contributed by atoms with Crippen molar-refractivity contribution in [2.75, 3.05) is 25.1 Å². The van der Waals surface area contributed by atoms with Gasteiger partial charge < -0.3 is 20.1 Å². The molecule has 0 fully saturated rings. The number of nitrogens with one attached hydrogen (secondary N) is 2.